The van der Waals surface area contributed by atoms with Gasteiger partial charge in [0.25, 0.3) is 0 Å². The SMILES string of the molecule is COc1ccc(CCC(=O)NCc2ccccc2C)cc1. The van der Waals surface area contributed by atoms with Gasteiger partial charge in [-0.15, -0.1) is 0 Å². The van der Waals surface area contributed by atoms with Gasteiger partial charge >= 0.3 is 0 Å². The Morgan fingerprint density at radius 2 is 1.81 bits per heavy atom. The van der Waals surface area contributed by atoms with Crippen molar-refractivity contribution < 1.29 is 9.53 Å². The zero-order valence-electron chi connectivity index (χ0n) is 12.6. The molecule has 3 nitrogen and oxygen atoms in total. The molecule has 0 fully saturated rings. The maximum atomic E-state index is 11.9. The van der Waals surface area contributed by atoms with E-state index >= 15 is 0 Å². The Balaban J connectivity index is 1.78. The lowest BCUT2D eigenvalue weighted by Gasteiger charge is -2.08. The van der Waals surface area contributed by atoms with Crippen LogP contribution in [0.25, 0.3) is 0 Å². The van der Waals surface area contributed by atoms with Gasteiger partial charge in [-0.25, -0.2) is 0 Å². The van der Waals surface area contributed by atoms with Gasteiger partial charge in [0, 0.05) is 13.0 Å². The molecular formula is C18H21NO2. The fraction of sp³-hybridized carbons (Fsp3) is 0.278. The monoisotopic (exact) mass is 283 g/mol. The highest BCUT2D eigenvalue weighted by Crippen LogP contribution is 2.12. The van der Waals surface area contributed by atoms with Crippen molar-refractivity contribution in [3.05, 3.63) is 65.2 Å². The summed E-state index contributed by atoms with van der Waals surface area (Å²) in [6, 6.07) is 15.9. The van der Waals surface area contributed by atoms with E-state index in [1.807, 2.05) is 42.5 Å². The van der Waals surface area contributed by atoms with Crippen molar-refractivity contribution in [3.63, 3.8) is 0 Å². The van der Waals surface area contributed by atoms with Crippen LogP contribution in [0.15, 0.2) is 48.5 Å². The van der Waals surface area contributed by atoms with Crippen LogP contribution in [0.5, 0.6) is 5.75 Å². The Morgan fingerprint density at radius 3 is 2.48 bits per heavy atom. The number of carbonyl (C=O) groups is 1. The smallest absolute Gasteiger partial charge is 0.220 e. The van der Waals surface area contributed by atoms with Crippen LogP contribution in [0.1, 0.15) is 23.1 Å². The average Bonchev–Trinajstić information content (AvgIpc) is 2.52. The van der Waals surface area contributed by atoms with Gasteiger partial charge < -0.3 is 10.1 Å². The van der Waals surface area contributed by atoms with E-state index in [2.05, 4.69) is 18.3 Å². The molecule has 0 spiro atoms. The maximum Gasteiger partial charge on any atom is 0.220 e. The van der Waals surface area contributed by atoms with Gasteiger partial charge in [-0.1, -0.05) is 36.4 Å². The lowest BCUT2D eigenvalue weighted by atomic mass is 10.1. The number of rotatable bonds is 6. The zero-order valence-corrected chi connectivity index (χ0v) is 12.6. The molecule has 21 heavy (non-hydrogen) atoms. The quantitative estimate of drug-likeness (QED) is 0.883. The molecule has 0 aliphatic rings. The highest BCUT2D eigenvalue weighted by atomic mass is 16.5. The molecule has 0 saturated heterocycles. The Morgan fingerprint density at radius 1 is 1.10 bits per heavy atom. The van der Waals surface area contributed by atoms with E-state index in [0.29, 0.717) is 13.0 Å². The number of hydrogen-bond donors (Lipinski definition) is 1. The molecule has 2 aromatic rings. The normalized spacial score (nSPS) is 10.2. The minimum Gasteiger partial charge on any atom is -0.497 e. The van der Waals surface area contributed by atoms with Crippen LogP contribution in [0, 0.1) is 6.92 Å². The molecule has 0 atom stereocenters. The summed E-state index contributed by atoms with van der Waals surface area (Å²) in [6.07, 6.45) is 1.24. The van der Waals surface area contributed by atoms with Crippen LogP contribution in [0.2, 0.25) is 0 Å². The lowest BCUT2D eigenvalue weighted by Crippen LogP contribution is -2.23. The molecule has 0 heterocycles. The van der Waals surface area contributed by atoms with E-state index in [1.54, 1.807) is 7.11 Å². The van der Waals surface area contributed by atoms with E-state index < -0.39 is 0 Å². The van der Waals surface area contributed by atoms with Crippen LogP contribution < -0.4 is 10.1 Å². The number of aryl methyl sites for hydroxylation is 2. The number of carbonyl (C=O) groups excluding carboxylic acids is 1. The summed E-state index contributed by atoms with van der Waals surface area (Å²) in [4.78, 5) is 11.9. The second-order valence-electron chi connectivity index (χ2n) is 5.05. The fourth-order valence-electron chi connectivity index (χ4n) is 2.14. The summed E-state index contributed by atoms with van der Waals surface area (Å²) in [6.45, 7) is 2.65. The number of ether oxygens (including phenoxy) is 1. The topological polar surface area (TPSA) is 38.3 Å². The van der Waals surface area contributed by atoms with Gasteiger partial charge in [-0.05, 0) is 42.2 Å². The Labute approximate surface area is 126 Å². The van der Waals surface area contributed by atoms with Gasteiger partial charge in [-0.3, -0.25) is 4.79 Å². The molecule has 0 aliphatic carbocycles. The van der Waals surface area contributed by atoms with Crippen LogP contribution >= 0.6 is 0 Å². The largest absolute Gasteiger partial charge is 0.497 e. The molecule has 0 aliphatic heterocycles. The summed E-state index contributed by atoms with van der Waals surface area (Å²) < 4.78 is 5.11. The Hall–Kier alpha value is -2.29. The molecule has 1 amide bonds. The summed E-state index contributed by atoms with van der Waals surface area (Å²) >= 11 is 0. The first-order valence-corrected chi connectivity index (χ1v) is 7.13. The van der Waals surface area contributed by atoms with Crippen molar-refractivity contribution in [1.82, 2.24) is 5.32 Å². The Kier molecular flexibility index (Phi) is 5.38. The van der Waals surface area contributed by atoms with Gasteiger partial charge in [0.2, 0.25) is 5.91 Å². The van der Waals surface area contributed by atoms with Gasteiger partial charge in [0.15, 0.2) is 0 Å². The third kappa shape index (κ3) is 4.63. The van der Waals surface area contributed by atoms with Crippen molar-refractivity contribution in [2.45, 2.75) is 26.3 Å². The molecule has 0 unspecified atom stereocenters. The number of methoxy groups -OCH3 is 1. The highest BCUT2D eigenvalue weighted by Gasteiger charge is 2.04. The first-order chi connectivity index (χ1) is 10.2. The van der Waals surface area contributed by atoms with E-state index in [-0.39, 0.29) is 5.91 Å². The first kappa shape index (κ1) is 15.1. The molecule has 0 aromatic heterocycles. The van der Waals surface area contributed by atoms with Crippen molar-refractivity contribution in [2.75, 3.05) is 7.11 Å². The van der Waals surface area contributed by atoms with Crippen LogP contribution in [0.3, 0.4) is 0 Å². The van der Waals surface area contributed by atoms with E-state index in [4.69, 9.17) is 4.74 Å². The third-order valence-electron chi connectivity index (χ3n) is 3.54. The summed E-state index contributed by atoms with van der Waals surface area (Å²) in [7, 11) is 1.65. The molecule has 0 radical (unpaired) electrons. The number of benzene rings is 2. The van der Waals surface area contributed by atoms with E-state index in [0.717, 1.165) is 23.3 Å². The molecule has 3 heteroatoms. The second-order valence-corrected chi connectivity index (χ2v) is 5.05. The van der Waals surface area contributed by atoms with E-state index in [1.165, 1.54) is 5.56 Å². The Bertz CT molecular complexity index is 590. The first-order valence-electron chi connectivity index (χ1n) is 7.13. The molecule has 0 saturated carbocycles. The summed E-state index contributed by atoms with van der Waals surface area (Å²) in [5.41, 5.74) is 3.50. The van der Waals surface area contributed by atoms with Crippen molar-refractivity contribution in [2.24, 2.45) is 0 Å². The van der Waals surface area contributed by atoms with Gasteiger partial charge in [-0.2, -0.15) is 0 Å². The molecular weight excluding hydrogens is 262 g/mol. The van der Waals surface area contributed by atoms with Crippen molar-refractivity contribution in [1.29, 1.82) is 0 Å². The molecule has 0 bridgehead atoms. The molecule has 2 aromatic carbocycles. The predicted octanol–water partition coefficient (Wildman–Crippen LogP) is 3.25. The van der Waals surface area contributed by atoms with Gasteiger partial charge in [0.1, 0.15) is 5.75 Å². The predicted molar refractivity (Wildman–Crippen MR) is 84.3 cm³/mol. The third-order valence-corrected chi connectivity index (χ3v) is 3.54. The van der Waals surface area contributed by atoms with Crippen LogP contribution in [-0.2, 0) is 17.8 Å². The summed E-state index contributed by atoms with van der Waals surface area (Å²) in [5, 5.41) is 2.97. The zero-order chi connectivity index (χ0) is 15.1. The molecule has 2 rings (SSSR count). The average molecular weight is 283 g/mol. The lowest BCUT2D eigenvalue weighted by molar-refractivity contribution is -0.121. The number of amides is 1. The van der Waals surface area contributed by atoms with Crippen LogP contribution in [0.4, 0.5) is 0 Å². The van der Waals surface area contributed by atoms with Crippen molar-refractivity contribution >= 4 is 5.91 Å². The molecule has 110 valence electrons. The van der Waals surface area contributed by atoms with Gasteiger partial charge in [0.05, 0.1) is 7.11 Å². The van der Waals surface area contributed by atoms with E-state index in [9.17, 15) is 4.79 Å². The highest BCUT2D eigenvalue weighted by molar-refractivity contribution is 5.76. The summed E-state index contributed by atoms with van der Waals surface area (Å²) in [5.74, 6) is 0.914. The van der Waals surface area contributed by atoms with Crippen molar-refractivity contribution in [3.8, 4) is 5.75 Å². The maximum absolute atomic E-state index is 11.9. The second kappa shape index (κ2) is 7.48. The number of hydrogen-bond acceptors (Lipinski definition) is 2. The minimum absolute atomic E-state index is 0.0778. The number of nitrogens with one attached hydrogen (secondary N) is 1. The fourth-order valence-corrected chi connectivity index (χ4v) is 2.14. The molecule has 1 N–H and O–H groups in total. The minimum atomic E-state index is 0.0778. The standard InChI is InChI=1S/C18H21NO2/c1-14-5-3-4-6-16(14)13-19-18(20)12-9-15-7-10-17(21-2)11-8-15/h3-8,10-11H,9,12-13H2,1-2H3,(H,19,20). The van der Waals surface area contributed by atoms with Crippen LogP contribution in [-0.4, -0.2) is 13.0 Å².